The fraction of sp³-hybridized carbons (Fsp3) is 0.132. The van der Waals surface area contributed by atoms with E-state index in [1.54, 1.807) is 37.3 Å². The number of rotatable bonds is 17. The molecular formula is C38H32INO12. The molecule has 0 radical (unpaired) electrons. The first-order valence-electron chi connectivity index (χ1n) is 15.2. The largest absolute Gasteiger partial charge is 0.458 e. The maximum absolute atomic E-state index is 12.8. The molecule has 268 valence electrons. The fourth-order valence-electron chi connectivity index (χ4n) is 3.89. The van der Waals surface area contributed by atoms with E-state index >= 15 is 0 Å². The minimum absolute atomic E-state index is 0.0504. The summed E-state index contributed by atoms with van der Waals surface area (Å²) < 4.78 is 30.6. The van der Waals surface area contributed by atoms with Crippen LogP contribution in [0.5, 0.6) is 11.5 Å². The molecule has 2 atom stereocenters. The molecule has 0 aliphatic carbocycles. The molecule has 0 aliphatic heterocycles. The standard InChI is InChI=1S/C38H32INO12/c1-4-33(41)47-22-31(50-34(42)5-2)23-48-35(43)18-10-25-8-14-28(15-9-25)38(46)52-32-17-16-30(20-29(32)21-40)51-37(45)27-12-6-26(7-13-27)11-19-36(44)49-24(3)39/h4-21,24,31,40H,1-2,22-23H2,3H3/b18-10+,19-11+,40-21?. The molecule has 14 heteroatoms. The molecule has 0 aromatic heterocycles. The number of benzene rings is 3. The molecule has 0 amide bonds. The third-order valence-corrected chi connectivity index (χ3v) is 6.64. The van der Waals surface area contributed by atoms with Crippen LogP contribution in [0.4, 0.5) is 0 Å². The summed E-state index contributed by atoms with van der Waals surface area (Å²) in [6.07, 6.45) is 7.08. The number of halogens is 1. The van der Waals surface area contributed by atoms with Crippen molar-refractivity contribution in [3.05, 3.63) is 132 Å². The van der Waals surface area contributed by atoms with Crippen molar-refractivity contribution in [2.24, 2.45) is 0 Å². The number of esters is 6. The summed E-state index contributed by atoms with van der Waals surface area (Å²) in [6.45, 7) is 7.51. The van der Waals surface area contributed by atoms with Gasteiger partial charge in [0.05, 0.1) is 11.1 Å². The van der Waals surface area contributed by atoms with E-state index in [-0.39, 0.29) is 38.9 Å². The minimum atomic E-state index is -1.07. The van der Waals surface area contributed by atoms with Gasteiger partial charge in [0.2, 0.25) is 0 Å². The first-order valence-corrected chi connectivity index (χ1v) is 16.4. The van der Waals surface area contributed by atoms with Gasteiger partial charge >= 0.3 is 35.8 Å². The second-order valence-corrected chi connectivity index (χ2v) is 12.0. The Morgan fingerprint density at radius 3 is 1.73 bits per heavy atom. The van der Waals surface area contributed by atoms with Gasteiger partial charge in [-0.1, -0.05) is 37.4 Å². The summed E-state index contributed by atoms with van der Waals surface area (Å²) in [4.78, 5) is 72.3. The van der Waals surface area contributed by atoms with Gasteiger partial charge in [0.25, 0.3) is 0 Å². The van der Waals surface area contributed by atoms with E-state index in [0.29, 0.717) is 11.1 Å². The highest BCUT2D eigenvalue weighted by molar-refractivity contribution is 14.1. The Hall–Kier alpha value is -6.16. The number of hydrogen-bond donors (Lipinski definition) is 1. The number of ether oxygens (including phenoxy) is 6. The van der Waals surface area contributed by atoms with Crippen LogP contribution in [0.15, 0.2) is 104 Å². The van der Waals surface area contributed by atoms with Gasteiger partial charge in [0.1, 0.15) is 28.8 Å². The zero-order chi connectivity index (χ0) is 38.0. The van der Waals surface area contributed by atoms with Crippen LogP contribution in [0.25, 0.3) is 12.2 Å². The molecule has 52 heavy (non-hydrogen) atoms. The van der Waals surface area contributed by atoms with Crippen molar-refractivity contribution in [2.45, 2.75) is 17.1 Å². The number of hydrogen-bond acceptors (Lipinski definition) is 13. The van der Waals surface area contributed by atoms with Crippen LogP contribution < -0.4 is 9.47 Å². The summed E-state index contributed by atoms with van der Waals surface area (Å²) in [7, 11) is 0. The molecule has 3 aromatic rings. The van der Waals surface area contributed by atoms with Crippen LogP contribution in [0.3, 0.4) is 0 Å². The highest BCUT2D eigenvalue weighted by Gasteiger charge is 2.18. The van der Waals surface area contributed by atoms with Crippen molar-refractivity contribution in [3.63, 3.8) is 0 Å². The van der Waals surface area contributed by atoms with Crippen LogP contribution >= 0.6 is 22.6 Å². The number of carbonyl (C=O) groups excluding carboxylic acids is 6. The highest BCUT2D eigenvalue weighted by atomic mass is 127. The summed E-state index contributed by atoms with van der Waals surface area (Å²) >= 11 is 1.96. The molecule has 1 N–H and O–H groups in total. The SMILES string of the molecule is C=CC(=O)OCC(COC(=O)/C=C/c1ccc(C(=O)Oc2ccc(OC(=O)c3ccc(/C=C/C(=O)OC(C)I)cc3)cc2C=N)cc1)OC(=O)C=C. The minimum Gasteiger partial charge on any atom is -0.458 e. The van der Waals surface area contributed by atoms with Crippen molar-refractivity contribution < 1.29 is 57.2 Å². The lowest BCUT2D eigenvalue weighted by Crippen LogP contribution is -2.29. The van der Waals surface area contributed by atoms with Crippen molar-refractivity contribution in [1.82, 2.24) is 0 Å². The van der Waals surface area contributed by atoms with Crippen LogP contribution in [-0.4, -0.2) is 65.5 Å². The molecule has 0 aliphatic rings. The Morgan fingerprint density at radius 2 is 1.21 bits per heavy atom. The summed E-state index contributed by atoms with van der Waals surface area (Å²) in [5.74, 6) is -4.04. The van der Waals surface area contributed by atoms with Crippen LogP contribution in [0.1, 0.15) is 44.3 Å². The molecule has 0 saturated carbocycles. The monoisotopic (exact) mass is 821 g/mol. The van der Waals surface area contributed by atoms with Gasteiger partial charge in [-0.2, -0.15) is 0 Å². The van der Waals surface area contributed by atoms with Crippen LogP contribution in [0, 0.1) is 5.41 Å². The van der Waals surface area contributed by atoms with E-state index in [1.165, 1.54) is 54.6 Å². The van der Waals surface area contributed by atoms with Crippen LogP contribution in [0.2, 0.25) is 0 Å². The van der Waals surface area contributed by atoms with E-state index in [4.69, 9.17) is 33.8 Å². The van der Waals surface area contributed by atoms with Gasteiger partial charge in [-0.15, -0.1) is 0 Å². The van der Waals surface area contributed by atoms with E-state index in [1.807, 2.05) is 22.6 Å². The second kappa shape index (κ2) is 20.5. The zero-order valence-electron chi connectivity index (χ0n) is 27.7. The Bertz CT molecular complexity index is 1880. The van der Waals surface area contributed by atoms with E-state index < -0.39 is 48.5 Å². The van der Waals surface area contributed by atoms with Gasteiger partial charge in [-0.3, -0.25) is 0 Å². The predicted molar refractivity (Wildman–Crippen MR) is 197 cm³/mol. The Balaban J connectivity index is 1.55. The average Bonchev–Trinajstić information content (AvgIpc) is 3.14. The highest BCUT2D eigenvalue weighted by Crippen LogP contribution is 2.25. The third kappa shape index (κ3) is 13.6. The molecule has 3 aromatic carbocycles. The fourth-order valence-corrected chi connectivity index (χ4v) is 4.15. The second-order valence-electron chi connectivity index (χ2n) is 10.2. The van der Waals surface area contributed by atoms with Gasteiger partial charge in [-0.05, 0) is 95.3 Å². The molecule has 0 saturated heterocycles. The lowest BCUT2D eigenvalue weighted by atomic mass is 10.1. The quantitative estimate of drug-likeness (QED) is 0.0327. The van der Waals surface area contributed by atoms with E-state index in [2.05, 4.69) is 13.2 Å². The molecule has 0 fully saturated rings. The van der Waals surface area contributed by atoms with E-state index in [0.717, 1.165) is 24.4 Å². The molecule has 0 heterocycles. The number of alkyl halides is 1. The van der Waals surface area contributed by atoms with Gasteiger partial charge in [0.15, 0.2) is 6.10 Å². The summed E-state index contributed by atoms with van der Waals surface area (Å²) in [6, 6.07) is 16.5. The number of carbonyl (C=O) groups is 6. The molecular weight excluding hydrogens is 789 g/mol. The van der Waals surface area contributed by atoms with Crippen LogP contribution in [-0.2, 0) is 38.1 Å². The molecule has 2 unspecified atom stereocenters. The molecule has 13 nitrogen and oxygen atoms in total. The van der Waals surface area contributed by atoms with Gasteiger partial charge in [0, 0.05) is 36.1 Å². The van der Waals surface area contributed by atoms with Gasteiger partial charge < -0.3 is 33.8 Å². The third-order valence-electron chi connectivity index (χ3n) is 6.38. The van der Waals surface area contributed by atoms with Crippen molar-refractivity contribution in [3.8, 4) is 11.5 Å². The topological polar surface area (TPSA) is 182 Å². The van der Waals surface area contributed by atoms with Crippen molar-refractivity contribution >= 4 is 76.8 Å². The first kappa shape index (κ1) is 40.3. The molecule has 0 spiro atoms. The molecule has 0 bridgehead atoms. The van der Waals surface area contributed by atoms with E-state index in [9.17, 15) is 28.8 Å². The predicted octanol–water partition coefficient (Wildman–Crippen LogP) is 5.84. The first-order chi connectivity index (χ1) is 24.9. The Labute approximate surface area is 312 Å². The smallest absolute Gasteiger partial charge is 0.343 e. The lowest BCUT2D eigenvalue weighted by Gasteiger charge is -2.16. The normalized spacial score (nSPS) is 11.8. The Morgan fingerprint density at radius 1 is 0.692 bits per heavy atom. The molecule has 3 rings (SSSR count). The lowest BCUT2D eigenvalue weighted by molar-refractivity contribution is -0.160. The maximum Gasteiger partial charge on any atom is 0.343 e. The average molecular weight is 822 g/mol. The Kier molecular flexibility index (Phi) is 15.9. The van der Waals surface area contributed by atoms with Crippen molar-refractivity contribution in [1.29, 1.82) is 5.41 Å². The summed E-state index contributed by atoms with van der Waals surface area (Å²) in [5.41, 5.74) is 1.78. The number of nitrogens with one attached hydrogen (secondary N) is 1. The van der Waals surface area contributed by atoms with Crippen molar-refractivity contribution in [2.75, 3.05) is 13.2 Å². The van der Waals surface area contributed by atoms with Gasteiger partial charge in [-0.25, -0.2) is 28.8 Å². The zero-order valence-corrected chi connectivity index (χ0v) is 29.8. The maximum atomic E-state index is 12.8. The summed E-state index contributed by atoms with van der Waals surface area (Å²) in [5, 5.41) is 7.76.